The average Bonchev–Trinajstić information content (AvgIpc) is 3.08. The van der Waals surface area contributed by atoms with Crippen LogP contribution in [0.15, 0.2) is 36.5 Å². The summed E-state index contributed by atoms with van der Waals surface area (Å²) < 4.78 is 0. The Bertz CT molecular complexity index is 554. The molecule has 0 spiro atoms. The van der Waals surface area contributed by atoms with E-state index in [0.29, 0.717) is 5.92 Å². The molecule has 0 radical (unpaired) electrons. The lowest BCUT2D eigenvalue weighted by molar-refractivity contribution is 1.02. The molecule has 1 saturated carbocycles. The topological polar surface area (TPSA) is 36.7 Å². The van der Waals surface area contributed by atoms with Crippen molar-refractivity contribution in [2.75, 3.05) is 0 Å². The van der Waals surface area contributed by atoms with Gasteiger partial charge in [0.05, 0.1) is 17.5 Å². The Balaban J connectivity index is 2.05. The van der Waals surface area contributed by atoms with Crippen molar-refractivity contribution < 1.29 is 0 Å². The van der Waals surface area contributed by atoms with Crippen LogP contribution in [-0.2, 0) is 0 Å². The van der Waals surface area contributed by atoms with Crippen molar-refractivity contribution in [3.05, 3.63) is 42.1 Å². The molecule has 3 rings (SSSR count). The van der Waals surface area contributed by atoms with Gasteiger partial charge in [0.25, 0.3) is 0 Å². The van der Waals surface area contributed by atoms with Gasteiger partial charge in [-0.15, -0.1) is 0 Å². The van der Waals surface area contributed by atoms with Crippen LogP contribution >= 0.6 is 0 Å². The predicted octanol–water partition coefficient (Wildman–Crippen LogP) is 2.86. The van der Waals surface area contributed by atoms with Gasteiger partial charge in [-0.3, -0.25) is 4.98 Å². The van der Waals surface area contributed by atoms with Crippen LogP contribution in [0.1, 0.15) is 17.9 Å². The highest BCUT2D eigenvalue weighted by atomic mass is 14.6. The zero-order valence-electron chi connectivity index (χ0n) is 8.22. The van der Waals surface area contributed by atoms with E-state index in [-0.39, 0.29) is 5.92 Å². The van der Waals surface area contributed by atoms with Gasteiger partial charge < -0.3 is 0 Å². The number of hydrogen-bond donors (Lipinski definition) is 0. The number of pyridine rings is 1. The first-order chi connectivity index (χ1) is 7.38. The predicted molar refractivity (Wildman–Crippen MR) is 58.2 cm³/mol. The highest BCUT2D eigenvalue weighted by Gasteiger charge is 2.38. The van der Waals surface area contributed by atoms with E-state index in [1.54, 1.807) is 6.20 Å². The number of fused-ring (bicyclic) bond motifs is 1. The summed E-state index contributed by atoms with van der Waals surface area (Å²) in [5.41, 5.74) is 2.30. The molecule has 1 fully saturated rings. The first-order valence-electron chi connectivity index (χ1n) is 5.13. The van der Waals surface area contributed by atoms with Crippen LogP contribution in [0.2, 0.25) is 0 Å². The summed E-state index contributed by atoms with van der Waals surface area (Å²) in [4.78, 5) is 4.28. The van der Waals surface area contributed by atoms with Gasteiger partial charge in [-0.05, 0) is 30.2 Å². The Kier molecular flexibility index (Phi) is 1.72. The second kappa shape index (κ2) is 3.06. The Hall–Kier alpha value is -1.88. The molecule has 1 aromatic carbocycles. The zero-order valence-corrected chi connectivity index (χ0v) is 8.22. The third kappa shape index (κ3) is 1.37. The average molecular weight is 194 g/mol. The number of benzene rings is 1. The molecule has 1 aromatic heterocycles. The maximum absolute atomic E-state index is 8.79. The highest BCUT2D eigenvalue weighted by Crippen LogP contribution is 2.47. The molecule has 2 aromatic rings. The second-order valence-corrected chi connectivity index (χ2v) is 4.03. The molecule has 1 heterocycles. The third-order valence-electron chi connectivity index (χ3n) is 3.01. The Labute approximate surface area is 88.2 Å². The zero-order chi connectivity index (χ0) is 10.3. The largest absolute Gasteiger partial charge is 0.256 e. The number of aromatic nitrogens is 1. The molecule has 0 aliphatic heterocycles. The SMILES string of the molecule is N#CC1CC1c1ccc2ncccc2c1. The minimum absolute atomic E-state index is 0.235. The molecule has 1 aliphatic rings. The first-order valence-corrected chi connectivity index (χ1v) is 5.13. The number of rotatable bonds is 1. The summed E-state index contributed by atoms with van der Waals surface area (Å²) in [6, 6.07) is 12.6. The van der Waals surface area contributed by atoms with Gasteiger partial charge in [-0.25, -0.2) is 0 Å². The lowest BCUT2D eigenvalue weighted by atomic mass is 10.1. The second-order valence-electron chi connectivity index (χ2n) is 4.03. The number of nitrogens with zero attached hydrogens (tertiary/aromatic N) is 2. The van der Waals surface area contributed by atoms with E-state index in [1.165, 1.54) is 10.9 Å². The standard InChI is InChI=1S/C13H10N2/c14-8-11-7-12(11)9-3-4-13-10(6-9)2-1-5-15-13/h1-6,11-12H,7H2. The van der Waals surface area contributed by atoms with Gasteiger partial charge in [0.2, 0.25) is 0 Å². The van der Waals surface area contributed by atoms with Crippen molar-refractivity contribution in [2.45, 2.75) is 12.3 Å². The van der Waals surface area contributed by atoms with Gasteiger partial charge in [0.1, 0.15) is 0 Å². The van der Waals surface area contributed by atoms with Crippen LogP contribution in [0.4, 0.5) is 0 Å². The van der Waals surface area contributed by atoms with Crippen molar-refractivity contribution in [3.63, 3.8) is 0 Å². The Morgan fingerprint density at radius 1 is 1.33 bits per heavy atom. The van der Waals surface area contributed by atoms with Crippen LogP contribution in [0.25, 0.3) is 10.9 Å². The fraction of sp³-hybridized carbons (Fsp3) is 0.231. The lowest BCUT2D eigenvalue weighted by Crippen LogP contribution is -1.83. The fourth-order valence-corrected chi connectivity index (χ4v) is 2.03. The van der Waals surface area contributed by atoms with Gasteiger partial charge >= 0.3 is 0 Å². The number of hydrogen-bond acceptors (Lipinski definition) is 2. The van der Waals surface area contributed by atoms with Crippen molar-refractivity contribution in [1.29, 1.82) is 5.26 Å². The minimum Gasteiger partial charge on any atom is -0.256 e. The molecule has 72 valence electrons. The molecule has 2 atom stereocenters. The van der Waals surface area contributed by atoms with E-state index in [2.05, 4.69) is 29.3 Å². The molecule has 2 nitrogen and oxygen atoms in total. The van der Waals surface area contributed by atoms with Gasteiger partial charge in [0.15, 0.2) is 0 Å². The normalized spacial score (nSPS) is 23.7. The molecule has 15 heavy (non-hydrogen) atoms. The molecule has 2 heteroatoms. The summed E-state index contributed by atoms with van der Waals surface area (Å²) in [5, 5.41) is 9.95. The van der Waals surface area contributed by atoms with Gasteiger partial charge in [-0.2, -0.15) is 5.26 Å². The first kappa shape index (κ1) is 8.43. The van der Waals surface area contributed by atoms with E-state index in [1.807, 2.05) is 12.1 Å². The van der Waals surface area contributed by atoms with E-state index in [4.69, 9.17) is 5.26 Å². The maximum Gasteiger partial charge on any atom is 0.0702 e. The number of nitriles is 1. The van der Waals surface area contributed by atoms with E-state index >= 15 is 0 Å². The van der Waals surface area contributed by atoms with Crippen molar-refractivity contribution in [2.24, 2.45) is 5.92 Å². The van der Waals surface area contributed by atoms with Crippen LogP contribution in [-0.4, -0.2) is 4.98 Å². The molecule has 0 N–H and O–H groups in total. The monoisotopic (exact) mass is 194 g/mol. The summed E-state index contributed by atoms with van der Waals surface area (Å²) in [6.45, 7) is 0. The summed E-state index contributed by atoms with van der Waals surface area (Å²) >= 11 is 0. The summed E-state index contributed by atoms with van der Waals surface area (Å²) in [6.07, 6.45) is 2.82. The van der Waals surface area contributed by atoms with Gasteiger partial charge in [0, 0.05) is 17.5 Å². The van der Waals surface area contributed by atoms with Crippen molar-refractivity contribution in [3.8, 4) is 6.07 Å². The quantitative estimate of drug-likeness (QED) is 0.699. The van der Waals surface area contributed by atoms with E-state index < -0.39 is 0 Å². The Morgan fingerprint density at radius 3 is 3.07 bits per heavy atom. The summed E-state index contributed by atoms with van der Waals surface area (Å²) in [7, 11) is 0. The maximum atomic E-state index is 8.79. The summed E-state index contributed by atoms with van der Waals surface area (Å²) in [5.74, 6) is 0.693. The van der Waals surface area contributed by atoms with Crippen LogP contribution in [0, 0.1) is 17.2 Å². The van der Waals surface area contributed by atoms with Crippen molar-refractivity contribution in [1.82, 2.24) is 4.98 Å². The Morgan fingerprint density at radius 2 is 2.27 bits per heavy atom. The van der Waals surface area contributed by atoms with E-state index in [9.17, 15) is 0 Å². The van der Waals surface area contributed by atoms with Crippen LogP contribution in [0.3, 0.4) is 0 Å². The van der Waals surface area contributed by atoms with Crippen LogP contribution < -0.4 is 0 Å². The molecule has 1 aliphatic carbocycles. The van der Waals surface area contributed by atoms with Gasteiger partial charge in [-0.1, -0.05) is 12.1 Å². The molecule has 0 bridgehead atoms. The minimum atomic E-state index is 0.235. The lowest BCUT2D eigenvalue weighted by Gasteiger charge is -2.00. The van der Waals surface area contributed by atoms with E-state index in [0.717, 1.165) is 11.9 Å². The molecule has 0 saturated heterocycles. The molecule has 0 amide bonds. The van der Waals surface area contributed by atoms with Crippen molar-refractivity contribution >= 4 is 10.9 Å². The molecular formula is C13H10N2. The fourth-order valence-electron chi connectivity index (χ4n) is 2.03. The molecule has 2 unspecified atom stereocenters. The smallest absolute Gasteiger partial charge is 0.0702 e. The van der Waals surface area contributed by atoms with Crippen LogP contribution in [0.5, 0.6) is 0 Å². The third-order valence-corrected chi connectivity index (χ3v) is 3.01. The highest BCUT2D eigenvalue weighted by molar-refractivity contribution is 5.79. The molecular weight excluding hydrogens is 184 g/mol.